The number of aliphatic hydroxyl groups excluding tert-OH is 2. The average molecular weight is 325 g/mol. The van der Waals surface area contributed by atoms with E-state index in [9.17, 15) is 10.2 Å². The van der Waals surface area contributed by atoms with Crippen LogP contribution in [0, 0.1) is 0 Å². The van der Waals surface area contributed by atoms with Crippen molar-refractivity contribution in [2.75, 3.05) is 32.7 Å². The highest BCUT2D eigenvalue weighted by atomic mass is 16.6. The molecule has 4 N–H and O–H groups in total. The number of rotatable bonds is 6. The molecule has 10 nitrogen and oxygen atoms in total. The lowest BCUT2D eigenvalue weighted by Crippen LogP contribution is -2.36. The maximum absolute atomic E-state index is 10.3. The fourth-order valence-electron chi connectivity index (χ4n) is 2.60. The first-order chi connectivity index (χ1) is 11.2. The van der Waals surface area contributed by atoms with Crippen LogP contribution in [-0.4, -0.2) is 75.0 Å². The zero-order valence-electron chi connectivity index (χ0n) is 12.6. The molecule has 0 bridgehead atoms. The maximum atomic E-state index is 10.3. The molecule has 1 saturated heterocycles. The average Bonchev–Trinajstić information content (AvgIpc) is 3.10. The van der Waals surface area contributed by atoms with Gasteiger partial charge in [0.15, 0.2) is 17.7 Å². The molecule has 10 heteroatoms. The Hall–Kier alpha value is -1.85. The topological polar surface area (TPSA) is 138 Å². The predicted octanol–water partition coefficient (Wildman–Crippen LogP) is -1.31. The number of nitrogens with two attached hydrogens (primary N) is 1. The van der Waals surface area contributed by atoms with E-state index in [1.54, 1.807) is 11.7 Å². The summed E-state index contributed by atoms with van der Waals surface area (Å²) >= 11 is 0. The van der Waals surface area contributed by atoms with Crippen molar-refractivity contribution in [3.05, 3.63) is 12.7 Å². The van der Waals surface area contributed by atoms with E-state index in [1.165, 1.54) is 12.7 Å². The Morgan fingerprint density at radius 3 is 2.91 bits per heavy atom. The van der Waals surface area contributed by atoms with Crippen LogP contribution in [0.15, 0.2) is 12.7 Å². The number of hydrogen-bond donors (Lipinski definition) is 3. The molecule has 0 spiro atoms. The summed E-state index contributed by atoms with van der Waals surface area (Å²) in [5, 5.41) is 19.7. The Balaban J connectivity index is 1.92. The van der Waals surface area contributed by atoms with Gasteiger partial charge < -0.3 is 30.2 Å². The van der Waals surface area contributed by atoms with Crippen molar-refractivity contribution in [2.45, 2.75) is 24.5 Å². The third kappa shape index (κ3) is 2.86. The van der Waals surface area contributed by atoms with Crippen molar-refractivity contribution in [3.63, 3.8) is 0 Å². The molecule has 0 aromatic carbocycles. The molecule has 0 amide bonds. The van der Waals surface area contributed by atoms with E-state index in [4.69, 9.17) is 19.9 Å². The minimum Gasteiger partial charge on any atom is -0.394 e. The number of aliphatic hydroxyl groups is 2. The summed E-state index contributed by atoms with van der Waals surface area (Å²) in [5.74, 6) is 0.253. The second-order valence-corrected chi connectivity index (χ2v) is 5.15. The van der Waals surface area contributed by atoms with E-state index in [0.29, 0.717) is 17.8 Å². The molecule has 23 heavy (non-hydrogen) atoms. The van der Waals surface area contributed by atoms with Crippen molar-refractivity contribution in [2.24, 2.45) is 0 Å². The van der Waals surface area contributed by atoms with E-state index in [-0.39, 0.29) is 19.0 Å². The predicted molar refractivity (Wildman–Crippen MR) is 78.4 cm³/mol. The second-order valence-electron chi connectivity index (χ2n) is 5.15. The highest BCUT2D eigenvalue weighted by Gasteiger charge is 2.45. The first-order valence-electron chi connectivity index (χ1n) is 7.15. The van der Waals surface area contributed by atoms with Crippen molar-refractivity contribution in [3.8, 4) is 0 Å². The molecule has 1 aliphatic heterocycles. The molecule has 2 aromatic heterocycles. The summed E-state index contributed by atoms with van der Waals surface area (Å²) < 4.78 is 17.9. The monoisotopic (exact) mass is 325 g/mol. The molecule has 0 saturated carbocycles. The standard InChI is InChI=1S/C13H19N5O5/c1-21-2-3-22-10-9(20)7(4-19)23-13(10)18-6-17-8-11(14)15-5-16-12(8)18/h5-7,9-10,13,19-20H,2-4H2,1H3,(H2,14,15,16)/t7-,9+,10+,13+/m0/s1. The van der Waals surface area contributed by atoms with Crippen molar-refractivity contribution < 1.29 is 24.4 Å². The Kier molecular flexibility index (Phi) is 4.68. The van der Waals surface area contributed by atoms with Crippen LogP contribution in [0.3, 0.4) is 0 Å². The molecule has 0 radical (unpaired) electrons. The molecular formula is C13H19N5O5. The van der Waals surface area contributed by atoms with Crippen LogP contribution < -0.4 is 5.73 Å². The third-order valence-corrected chi connectivity index (χ3v) is 3.75. The zero-order chi connectivity index (χ0) is 16.4. The van der Waals surface area contributed by atoms with Crippen molar-refractivity contribution >= 4 is 17.0 Å². The molecule has 3 rings (SSSR count). The summed E-state index contributed by atoms with van der Waals surface area (Å²) in [6, 6.07) is 0. The molecule has 126 valence electrons. The first-order valence-corrected chi connectivity index (χ1v) is 7.15. The van der Waals surface area contributed by atoms with Gasteiger partial charge in [-0.2, -0.15) is 0 Å². The maximum Gasteiger partial charge on any atom is 0.167 e. The lowest BCUT2D eigenvalue weighted by atomic mass is 10.1. The van der Waals surface area contributed by atoms with E-state index < -0.39 is 24.5 Å². The van der Waals surface area contributed by atoms with Crippen LogP contribution in [0.1, 0.15) is 6.23 Å². The van der Waals surface area contributed by atoms with E-state index in [0.717, 1.165) is 0 Å². The number of fused-ring (bicyclic) bond motifs is 1. The Morgan fingerprint density at radius 2 is 2.17 bits per heavy atom. The van der Waals surface area contributed by atoms with E-state index in [1.807, 2.05) is 0 Å². The van der Waals surface area contributed by atoms with Crippen LogP contribution in [0.2, 0.25) is 0 Å². The number of anilines is 1. The number of methoxy groups -OCH3 is 1. The van der Waals surface area contributed by atoms with Crippen molar-refractivity contribution in [1.82, 2.24) is 19.5 Å². The van der Waals surface area contributed by atoms with Gasteiger partial charge >= 0.3 is 0 Å². The number of ether oxygens (including phenoxy) is 3. The van der Waals surface area contributed by atoms with Crippen LogP contribution in [0.5, 0.6) is 0 Å². The van der Waals surface area contributed by atoms with Crippen LogP contribution in [0.25, 0.3) is 11.2 Å². The summed E-state index contributed by atoms with van der Waals surface area (Å²) in [4.78, 5) is 12.2. The molecule has 4 atom stereocenters. The first kappa shape index (κ1) is 16.0. The zero-order valence-corrected chi connectivity index (χ0v) is 12.6. The molecule has 3 heterocycles. The van der Waals surface area contributed by atoms with E-state index >= 15 is 0 Å². The summed E-state index contributed by atoms with van der Waals surface area (Å²) in [5.41, 5.74) is 6.68. The third-order valence-electron chi connectivity index (χ3n) is 3.75. The van der Waals surface area contributed by atoms with Gasteiger partial charge in [0.1, 0.15) is 30.2 Å². The lowest BCUT2D eigenvalue weighted by molar-refractivity contribution is -0.0785. The van der Waals surface area contributed by atoms with Gasteiger partial charge in [0, 0.05) is 7.11 Å². The molecule has 1 fully saturated rings. The SMILES string of the molecule is COCCO[C@@H]1[C@H](O)[C@H](CO)O[C@H]1n1cnc2c(N)ncnc21. The van der Waals surface area contributed by atoms with Crippen molar-refractivity contribution in [1.29, 1.82) is 0 Å². The van der Waals surface area contributed by atoms with Crippen LogP contribution in [0.4, 0.5) is 5.82 Å². The summed E-state index contributed by atoms with van der Waals surface area (Å²) in [6.07, 6.45) is -0.317. The molecular weight excluding hydrogens is 306 g/mol. The van der Waals surface area contributed by atoms with Crippen LogP contribution in [-0.2, 0) is 14.2 Å². The smallest absolute Gasteiger partial charge is 0.167 e. The fourth-order valence-corrected chi connectivity index (χ4v) is 2.60. The minimum absolute atomic E-state index is 0.253. The highest BCUT2D eigenvalue weighted by molar-refractivity contribution is 5.81. The quantitative estimate of drug-likeness (QED) is 0.553. The van der Waals surface area contributed by atoms with Gasteiger partial charge in [-0.05, 0) is 0 Å². The van der Waals surface area contributed by atoms with Gasteiger partial charge in [0.2, 0.25) is 0 Å². The van der Waals surface area contributed by atoms with Gasteiger partial charge in [0.25, 0.3) is 0 Å². The molecule has 0 unspecified atom stereocenters. The number of nitrogens with zero attached hydrogens (tertiary/aromatic N) is 4. The Morgan fingerprint density at radius 1 is 1.35 bits per heavy atom. The van der Waals surface area contributed by atoms with Gasteiger partial charge in [-0.3, -0.25) is 4.57 Å². The largest absolute Gasteiger partial charge is 0.394 e. The summed E-state index contributed by atoms with van der Waals surface area (Å²) in [7, 11) is 1.56. The second kappa shape index (κ2) is 6.72. The Bertz CT molecular complexity index is 665. The molecule has 1 aliphatic rings. The lowest BCUT2D eigenvalue weighted by Gasteiger charge is -2.21. The molecule has 2 aromatic rings. The van der Waals surface area contributed by atoms with Gasteiger partial charge in [-0.15, -0.1) is 0 Å². The number of hydrogen-bond acceptors (Lipinski definition) is 9. The number of aromatic nitrogens is 4. The van der Waals surface area contributed by atoms with E-state index in [2.05, 4.69) is 15.0 Å². The van der Waals surface area contributed by atoms with Gasteiger partial charge in [-0.1, -0.05) is 0 Å². The van der Waals surface area contributed by atoms with Gasteiger partial charge in [0.05, 0.1) is 26.1 Å². The van der Waals surface area contributed by atoms with Crippen LogP contribution >= 0.6 is 0 Å². The Labute approximate surface area is 131 Å². The minimum atomic E-state index is -0.988. The normalized spacial score (nSPS) is 27.8. The van der Waals surface area contributed by atoms with Gasteiger partial charge in [-0.25, -0.2) is 15.0 Å². The fraction of sp³-hybridized carbons (Fsp3) is 0.615. The number of imidazole rings is 1. The summed E-state index contributed by atoms with van der Waals surface area (Å²) in [6.45, 7) is 0.324. The highest BCUT2D eigenvalue weighted by Crippen LogP contribution is 2.33. The number of nitrogen functional groups attached to an aromatic ring is 1. The molecule has 0 aliphatic carbocycles.